The van der Waals surface area contributed by atoms with Crippen molar-refractivity contribution >= 4 is 17.6 Å². The van der Waals surface area contributed by atoms with E-state index in [0.29, 0.717) is 19.4 Å². The van der Waals surface area contributed by atoms with Crippen molar-refractivity contribution < 1.29 is 18.7 Å². The van der Waals surface area contributed by atoms with Crippen molar-refractivity contribution in [2.24, 2.45) is 5.41 Å². The molecule has 1 aliphatic heterocycles. The van der Waals surface area contributed by atoms with Gasteiger partial charge in [0.2, 0.25) is 5.91 Å². The maximum absolute atomic E-state index is 13.8. The van der Waals surface area contributed by atoms with Gasteiger partial charge in [-0.2, -0.15) is 0 Å². The van der Waals surface area contributed by atoms with Gasteiger partial charge in [-0.15, -0.1) is 0 Å². The lowest BCUT2D eigenvalue weighted by molar-refractivity contribution is -0.124. The van der Waals surface area contributed by atoms with Gasteiger partial charge in [0.05, 0.1) is 23.8 Å². The number of esters is 1. The number of methoxy groups -OCH3 is 1. The van der Waals surface area contributed by atoms with Gasteiger partial charge in [0, 0.05) is 6.54 Å². The van der Waals surface area contributed by atoms with E-state index < -0.39 is 17.2 Å². The van der Waals surface area contributed by atoms with Crippen LogP contribution in [0.25, 0.3) is 0 Å². The van der Waals surface area contributed by atoms with Gasteiger partial charge in [0.1, 0.15) is 5.82 Å². The first-order valence-electron chi connectivity index (χ1n) is 6.92. The van der Waals surface area contributed by atoms with Gasteiger partial charge in [-0.25, -0.2) is 9.18 Å². The standard InChI is InChI=1S/C15H19FN2O3/c1-3-15(6-7-17-9-15)14(20)18-12-8-10(13(19)21-2)4-5-11(12)16/h4-5,8,17H,3,6-7,9H2,1-2H3,(H,18,20). The largest absolute Gasteiger partial charge is 0.465 e. The third-order valence-corrected chi connectivity index (χ3v) is 4.04. The number of rotatable bonds is 4. The molecular formula is C15H19FN2O3. The zero-order valence-electron chi connectivity index (χ0n) is 12.2. The molecule has 5 nitrogen and oxygen atoms in total. The van der Waals surface area contributed by atoms with E-state index in [2.05, 4.69) is 15.4 Å². The van der Waals surface area contributed by atoms with Crippen molar-refractivity contribution in [3.63, 3.8) is 0 Å². The molecule has 6 heteroatoms. The average Bonchev–Trinajstić information content (AvgIpc) is 2.98. The number of ether oxygens (including phenoxy) is 1. The Bertz CT molecular complexity index is 554. The first kappa shape index (κ1) is 15.4. The topological polar surface area (TPSA) is 67.4 Å². The molecule has 1 atom stereocenters. The van der Waals surface area contributed by atoms with Gasteiger partial charge in [0.25, 0.3) is 0 Å². The Balaban J connectivity index is 2.22. The van der Waals surface area contributed by atoms with Crippen LogP contribution in [-0.2, 0) is 9.53 Å². The highest BCUT2D eigenvalue weighted by Crippen LogP contribution is 2.31. The lowest BCUT2D eigenvalue weighted by Gasteiger charge is -2.25. The summed E-state index contributed by atoms with van der Waals surface area (Å²) in [5.41, 5.74) is -0.319. The van der Waals surface area contributed by atoms with E-state index in [-0.39, 0.29) is 17.2 Å². The number of hydrogen-bond donors (Lipinski definition) is 2. The summed E-state index contributed by atoms with van der Waals surface area (Å²) in [4.78, 5) is 23.9. The second-order valence-electron chi connectivity index (χ2n) is 5.20. The minimum absolute atomic E-state index is 0.00243. The quantitative estimate of drug-likeness (QED) is 0.833. The Morgan fingerprint density at radius 1 is 1.48 bits per heavy atom. The highest BCUT2D eigenvalue weighted by atomic mass is 19.1. The Kier molecular flexibility index (Phi) is 4.57. The predicted molar refractivity (Wildman–Crippen MR) is 76.6 cm³/mol. The molecule has 1 amide bonds. The van der Waals surface area contributed by atoms with E-state index >= 15 is 0 Å². The van der Waals surface area contributed by atoms with Crippen molar-refractivity contribution in [1.29, 1.82) is 0 Å². The fourth-order valence-electron chi connectivity index (χ4n) is 2.52. The molecule has 1 heterocycles. The molecule has 0 radical (unpaired) electrons. The van der Waals surface area contributed by atoms with Crippen LogP contribution < -0.4 is 10.6 Å². The molecule has 2 rings (SSSR count). The predicted octanol–water partition coefficient (Wildman–Crippen LogP) is 1.94. The van der Waals surface area contributed by atoms with Gasteiger partial charge in [-0.05, 0) is 37.6 Å². The maximum Gasteiger partial charge on any atom is 0.337 e. The van der Waals surface area contributed by atoms with E-state index in [0.717, 1.165) is 12.6 Å². The van der Waals surface area contributed by atoms with Gasteiger partial charge >= 0.3 is 5.97 Å². The summed E-state index contributed by atoms with van der Waals surface area (Å²) in [6, 6.07) is 3.77. The Morgan fingerprint density at radius 2 is 2.24 bits per heavy atom. The molecule has 1 aliphatic rings. The monoisotopic (exact) mass is 294 g/mol. The fourth-order valence-corrected chi connectivity index (χ4v) is 2.52. The molecule has 0 bridgehead atoms. The molecule has 0 aromatic heterocycles. The summed E-state index contributed by atoms with van der Waals surface area (Å²) in [5.74, 6) is -1.37. The molecule has 0 aliphatic carbocycles. The molecule has 114 valence electrons. The normalized spacial score (nSPS) is 21.1. The van der Waals surface area contributed by atoms with Gasteiger partial charge in [0.15, 0.2) is 0 Å². The molecule has 1 aromatic rings. The zero-order chi connectivity index (χ0) is 15.5. The highest BCUT2D eigenvalue weighted by Gasteiger charge is 2.39. The van der Waals surface area contributed by atoms with Crippen molar-refractivity contribution in [2.75, 3.05) is 25.5 Å². The number of amides is 1. The molecule has 1 fully saturated rings. The number of anilines is 1. The summed E-state index contributed by atoms with van der Waals surface area (Å²) in [6.07, 6.45) is 1.39. The van der Waals surface area contributed by atoms with Gasteiger partial charge < -0.3 is 15.4 Å². The van der Waals surface area contributed by atoms with Crippen LogP contribution in [0.1, 0.15) is 30.1 Å². The summed E-state index contributed by atoms with van der Waals surface area (Å²) < 4.78 is 18.4. The fraction of sp³-hybridized carbons (Fsp3) is 0.467. The summed E-state index contributed by atoms with van der Waals surface area (Å²) in [5, 5.41) is 5.76. The Labute approximate surface area is 122 Å². The van der Waals surface area contributed by atoms with E-state index in [4.69, 9.17) is 0 Å². The van der Waals surface area contributed by atoms with Crippen LogP contribution >= 0.6 is 0 Å². The molecular weight excluding hydrogens is 275 g/mol. The number of hydrogen-bond acceptors (Lipinski definition) is 4. The molecule has 0 spiro atoms. The van der Waals surface area contributed by atoms with E-state index in [1.165, 1.54) is 19.2 Å². The molecule has 0 saturated carbocycles. The van der Waals surface area contributed by atoms with Crippen LogP contribution in [0.3, 0.4) is 0 Å². The summed E-state index contributed by atoms with van der Waals surface area (Å²) in [6.45, 7) is 3.29. The van der Waals surface area contributed by atoms with Crippen LogP contribution in [0, 0.1) is 11.2 Å². The van der Waals surface area contributed by atoms with Crippen LogP contribution in [0.2, 0.25) is 0 Å². The van der Waals surface area contributed by atoms with E-state index in [9.17, 15) is 14.0 Å². The number of carbonyl (C=O) groups is 2. The molecule has 1 aromatic carbocycles. The first-order valence-corrected chi connectivity index (χ1v) is 6.92. The number of nitrogens with one attached hydrogen (secondary N) is 2. The second-order valence-corrected chi connectivity index (χ2v) is 5.20. The maximum atomic E-state index is 13.8. The van der Waals surface area contributed by atoms with Crippen LogP contribution in [0.4, 0.5) is 10.1 Å². The zero-order valence-corrected chi connectivity index (χ0v) is 12.2. The summed E-state index contributed by atoms with van der Waals surface area (Å²) >= 11 is 0. The molecule has 1 unspecified atom stereocenters. The average molecular weight is 294 g/mol. The number of halogens is 1. The van der Waals surface area contributed by atoms with Crippen LogP contribution in [-0.4, -0.2) is 32.1 Å². The minimum Gasteiger partial charge on any atom is -0.465 e. The number of carbonyl (C=O) groups excluding carboxylic acids is 2. The van der Waals surface area contributed by atoms with Crippen molar-refractivity contribution in [3.8, 4) is 0 Å². The van der Waals surface area contributed by atoms with Crippen molar-refractivity contribution in [2.45, 2.75) is 19.8 Å². The SMILES string of the molecule is CCC1(C(=O)Nc2cc(C(=O)OC)ccc2F)CCNC1. The minimum atomic E-state index is -0.576. The van der Waals surface area contributed by atoms with E-state index in [1.807, 2.05) is 6.92 Å². The van der Waals surface area contributed by atoms with Crippen molar-refractivity contribution in [1.82, 2.24) is 5.32 Å². The van der Waals surface area contributed by atoms with Gasteiger partial charge in [-0.3, -0.25) is 4.79 Å². The molecule has 1 saturated heterocycles. The van der Waals surface area contributed by atoms with Crippen molar-refractivity contribution in [3.05, 3.63) is 29.6 Å². The highest BCUT2D eigenvalue weighted by molar-refractivity contribution is 5.97. The lowest BCUT2D eigenvalue weighted by Crippen LogP contribution is -2.37. The number of benzene rings is 1. The lowest BCUT2D eigenvalue weighted by atomic mass is 9.83. The smallest absolute Gasteiger partial charge is 0.337 e. The first-order chi connectivity index (χ1) is 10.0. The third-order valence-electron chi connectivity index (χ3n) is 4.04. The molecule has 21 heavy (non-hydrogen) atoms. The Hall–Kier alpha value is -1.95. The Morgan fingerprint density at radius 3 is 2.81 bits per heavy atom. The van der Waals surface area contributed by atoms with Crippen LogP contribution in [0.5, 0.6) is 0 Å². The van der Waals surface area contributed by atoms with E-state index in [1.54, 1.807) is 0 Å². The third kappa shape index (κ3) is 3.05. The second kappa shape index (κ2) is 6.22. The van der Waals surface area contributed by atoms with Crippen LogP contribution in [0.15, 0.2) is 18.2 Å². The summed E-state index contributed by atoms with van der Waals surface area (Å²) in [7, 11) is 1.25. The van der Waals surface area contributed by atoms with Gasteiger partial charge in [-0.1, -0.05) is 6.92 Å². The molecule has 2 N–H and O–H groups in total.